The minimum Gasteiger partial charge on any atom is -0.478 e. The second-order valence-corrected chi connectivity index (χ2v) is 4.35. The maximum Gasteiger partial charge on any atom is 0.337 e. The lowest BCUT2D eigenvalue weighted by Gasteiger charge is -2.11. The van der Waals surface area contributed by atoms with Crippen molar-refractivity contribution >= 4 is 5.97 Å². The van der Waals surface area contributed by atoms with E-state index in [1.54, 1.807) is 6.07 Å². The predicted octanol–water partition coefficient (Wildman–Crippen LogP) is 2.24. The van der Waals surface area contributed by atoms with Crippen molar-refractivity contribution in [3.8, 4) is 0 Å². The van der Waals surface area contributed by atoms with Crippen molar-refractivity contribution in [2.75, 3.05) is 13.2 Å². The number of aromatic carboxylic acids is 1. The van der Waals surface area contributed by atoms with Gasteiger partial charge in [-0.2, -0.15) is 0 Å². The molecule has 1 atom stereocenters. The zero-order valence-electron chi connectivity index (χ0n) is 9.98. The first kappa shape index (κ1) is 12.0. The number of hydrogen-bond donors (Lipinski definition) is 1. The van der Waals surface area contributed by atoms with Crippen LogP contribution in [0.2, 0.25) is 0 Å². The summed E-state index contributed by atoms with van der Waals surface area (Å²) in [5.74, 6) is -0.566. The molecule has 1 N–H and O–H groups in total. The Kier molecular flexibility index (Phi) is 3.74. The molecule has 1 aliphatic rings. The zero-order chi connectivity index (χ0) is 12.3. The third-order valence-electron chi connectivity index (χ3n) is 3.06. The molecule has 0 aliphatic carbocycles. The number of pyridine rings is 1. The van der Waals surface area contributed by atoms with Crippen LogP contribution in [-0.4, -0.2) is 29.3 Å². The summed E-state index contributed by atoms with van der Waals surface area (Å²) in [5.41, 5.74) is 2.00. The lowest BCUT2D eigenvalue weighted by molar-refractivity contribution is 0.0695. The van der Waals surface area contributed by atoms with Gasteiger partial charge in [0.15, 0.2) is 0 Å². The molecule has 0 radical (unpaired) electrons. The highest BCUT2D eigenvalue weighted by molar-refractivity contribution is 5.88. The molecule has 92 valence electrons. The van der Waals surface area contributed by atoms with Crippen molar-refractivity contribution in [1.29, 1.82) is 0 Å². The number of hydrogen-bond acceptors (Lipinski definition) is 3. The van der Waals surface area contributed by atoms with Crippen molar-refractivity contribution in [1.82, 2.24) is 4.98 Å². The largest absolute Gasteiger partial charge is 0.478 e. The summed E-state index contributed by atoms with van der Waals surface area (Å²) >= 11 is 0. The van der Waals surface area contributed by atoms with Gasteiger partial charge in [0.25, 0.3) is 0 Å². The predicted molar refractivity (Wildman–Crippen MR) is 63.4 cm³/mol. The highest BCUT2D eigenvalue weighted by Crippen LogP contribution is 2.24. The van der Waals surface area contributed by atoms with Crippen LogP contribution >= 0.6 is 0 Å². The first-order valence-electron chi connectivity index (χ1n) is 6.03. The van der Waals surface area contributed by atoms with E-state index >= 15 is 0 Å². The Hall–Kier alpha value is -1.42. The lowest BCUT2D eigenvalue weighted by atomic mass is 10.0. The van der Waals surface area contributed by atoms with Crippen molar-refractivity contribution in [2.24, 2.45) is 0 Å². The summed E-state index contributed by atoms with van der Waals surface area (Å²) in [6, 6.07) is 3.50. The number of aromatic nitrogens is 1. The number of carboxylic acids is 1. The van der Waals surface area contributed by atoms with E-state index in [9.17, 15) is 4.79 Å². The molecule has 0 saturated carbocycles. The van der Waals surface area contributed by atoms with E-state index in [1.165, 1.54) is 0 Å². The van der Waals surface area contributed by atoms with Gasteiger partial charge in [-0.05, 0) is 25.0 Å². The molecule has 1 saturated heterocycles. The maximum absolute atomic E-state index is 11.1. The number of carbonyl (C=O) groups is 1. The molecule has 1 fully saturated rings. The van der Waals surface area contributed by atoms with Gasteiger partial charge in [-0.1, -0.05) is 13.3 Å². The summed E-state index contributed by atoms with van der Waals surface area (Å²) in [7, 11) is 0. The molecule has 0 aromatic carbocycles. The average Bonchev–Trinajstić information content (AvgIpc) is 2.82. The minimum absolute atomic E-state index is 0.327. The number of aryl methyl sites for hydroxylation is 1. The van der Waals surface area contributed by atoms with Crippen molar-refractivity contribution in [3.63, 3.8) is 0 Å². The maximum atomic E-state index is 11.1. The Bertz CT molecular complexity index is 411. The summed E-state index contributed by atoms with van der Waals surface area (Å²) in [5, 5.41) is 9.08. The zero-order valence-corrected chi connectivity index (χ0v) is 9.98. The van der Waals surface area contributed by atoms with Gasteiger partial charge in [-0.25, -0.2) is 4.79 Å². The highest BCUT2D eigenvalue weighted by Gasteiger charge is 2.21. The molecule has 4 nitrogen and oxygen atoms in total. The third kappa shape index (κ3) is 2.64. The quantitative estimate of drug-likeness (QED) is 0.869. The average molecular weight is 235 g/mol. The van der Waals surface area contributed by atoms with Crippen LogP contribution in [-0.2, 0) is 11.2 Å². The van der Waals surface area contributed by atoms with E-state index in [0.29, 0.717) is 30.2 Å². The van der Waals surface area contributed by atoms with Crippen LogP contribution in [0.15, 0.2) is 12.1 Å². The number of nitrogens with zero attached hydrogens (tertiary/aromatic N) is 1. The monoisotopic (exact) mass is 235 g/mol. The summed E-state index contributed by atoms with van der Waals surface area (Å²) in [6.07, 6.45) is 2.59. The van der Waals surface area contributed by atoms with E-state index in [4.69, 9.17) is 9.84 Å². The molecule has 0 bridgehead atoms. The van der Waals surface area contributed by atoms with Gasteiger partial charge < -0.3 is 9.84 Å². The van der Waals surface area contributed by atoms with Crippen LogP contribution in [0, 0.1) is 0 Å². The van der Waals surface area contributed by atoms with Crippen LogP contribution in [0.3, 0.4) is 0 Å². The molecule has 17 heavy (non-hydrogen) atoms. The standard InChI is InChI=1S/C13H17NO3/c1-2-3-12-10(13(15)16)4-5-11(14-12)9-6-7-17-8-9/h4-5,9H,2-3,6-8H2,1H3,(H,15,16). The smallest absolute Gasteiger partial charge is 0.337 e. The molecule has 1 aromatic rings. The fourth-order valence-corrected chi connectivity index (χ4v) is 2.14. The van der Waals surface area contributed by atoms with Gasteiger partial charge in [0.2, 0.25) is 0 Å². The van der Waals surface area contributed by atoms with Gasteiger partial charge in [-0.3, -0.25) is 4.98 Å². The van der Waals surface area contributed by atoms with Crippen molar-refractivity contribution < 1.29 is 14.6 Å². The van der Waals surface area contributed by atoms with Gasteiger partial charge in [0.1, 0.15) is 0 Å². The molecule has 2 heterocycles. The Morgan fingerprint density at radius 3 is 3.00 bits per heavy atom. The fourth-order valence-electron chi connectivity index (χ4n) is 2.14. The number of rotatable bonds is 4. The fraction of sp³-hybridized carbons (Fsp3) is 0.538. The molecule has 4 heteroatoms. The third-order valence-corrected chi connectivity index (χ3v) is 3.06. The molecule has 1 aliphatic heterocycles. The minimum atomic E-state index is -0.893. The van der Waals surface area contributed by atoms with E-state index in [1.807, 2.05) is 13.0 Å². The van der Waals surface area contributed by atoms with Crippen molar-refractivity contribution in [2.45, 2.75) is 32.1 Å². The SMILES string of the molecule is CCCc1nc(C2CCOC2)ccc1C(=O)O. The lowest BCUT2D eigenvalue weighted by Crippen LogP contribution is -2.09. The molecular weight excluding hydrogens is 218 g/mol. The topological polar surface area (TPSA) is 59.4 Å². The van der Waals surface area contributed by atoms with E-state index in [-0.39, 0.29) is 0 Å². The molecule has 0 amide bonds. The van der Waals surface area contributed by atoms with E-state index < -0.39 is 5.97 Å². The first-order chi connectivity index (χ1) is 8.22. The Labute approximate surface area is 101 Å². The second kappa shape index (κ2) is 5.27. The Morgan fingerprint density at radius 2 is 2.41 bits per heavy atom. The molecular formula is C13H17NO3. The van der Waals surface area contributed by atoms with E-state index in [2.05, 4.69) is 4.98 Å². The van der Waals surface area contributed by atoms with Gasteiger partial charge in [-0.15, -0.1) is 0 Å². The normalized spacial score (nSPS) is 19.5. The first-order valence-corrected chi connectivity index (χ1v) is 6.03. The van der Waals surface area contributed by atoms with Gasteiger partial charge in [0.05, 0.1) is 17.9 Å². The van der Waals surface area contributed by atoms with Crippen molar-refractivity contribution in [3.05, 3.63) is 29.1 Å². The van der Waals surface area contributed by atoms with Crippen LogP contribution in [0.5, 0.6) is 0 Å². The summed E-state index contributed by atoms with van der Waals surface area (Å²) in [4.78, 5) is 15.6. The summed E-state index contributed by atoms with van der Waals surface area (Å²) in [6.45, 7) is 3.50. The summed E-state index contributed by atoms with van der Waals surface area (Å²) < 4.78 is 5.33. The van der Waals surface area contributed by atoms with Gasteiger partial charge in [0, 0.05) is 18.2 Å². The van der Waals surface area contributed by atoms with Gasteiger partial charge >= 0.3 is 5.97 Å². The Morgan fingerprint density at radius 1 is 1.59 bits per heavy atom. The number of carboxylic acid groups (broad SMARTS) is 1. The highest BCUT2D eigenvalue weighted by atomic mass is 16.5. The van der Waals surface area contributed by atoms with Crippen LogP contribution < -0.4 is 0 Å². The van der Waals surface area contributed by atoms with E-state index in [0.717, 1.165) is 25.1 Å². The Balaban J connectivity index is 2.30. The van der Waals surface area contributed by atoms with Crippen LogP contribution in [0.4, 0.5) is 0 Å². The molecule has 1 aromatic heterocycles. The molecule has 2 rings (SSSR count). The molecule has 1 unspecified atom stereocenters. The second-order valence-electron chi connectivity index (χ2n) is 4.35. The van der Waals surface area contributed by atoms with Crippen LogP contribution in [0.1, 0.15) is 47.4 Å². The molecule has 0 spiro atoms. The van der Waals surface area contributed by atoms with Crippen LogP contribution in [0.25, 0.3) is 0 Å². The number of ether oxygens (including phenoxy) is 1.